The van der Waals surface area contributed by atoms with Crippen molar-refractivity contribution in [2.45, 2.75) is 0 Å². The molecule has 1 amide bonds. The molecule has 58 valence electrons. The van der Waals surface area contributed by atoms with Crippen LogP contribution in [0.2, 0.25) is 0 Å². The second-order valence-electron chi connectivity index (χ2n) is 1.76. The number of nitrogens with two attached hydrogens (primary N) is 1. The van der Waals surface area contributed by atoms with Gasteiger partial charge in [0.2, 0.25) is 0 Å². The summed E-state index contributed by atoms with van der Waals surface area (Å²) in [6.07, 6.45) is 1.04. The van der Waals surface area contributed by atoms with Crippen LogP contribution >= 0.6 is 0 Å². The van der Waals surface area contributed by atoms with Gasteiger partial charge in [-0.15, -0.1) is 0 Å². The number of primary amides is 1. The smallest absolute Gasteiger partial charge is 0.409 e. The molecular weight excluding hydrogens is 152 g/mol. The highest BCUT2D eigenvalue weighted by molar-refractivity contribution is 5.95. The predicted molar refractivity (Wildman–Crippen MR) is 33.9 cm³/mol. The van der Waals surface area contributed by atoms with Gasteiger partial charge in [0.1, 0.15) is 4.92 Å². The maximum absolute atomic E-state index is 10.4. The van der Waals surface area contributed by atoms with E-state index in [1.807, 2.05) is 0 Å². The van der Waals surface area contributed by atoms with Gasteiger partial charge in [-0.05, 0) is 6.07 Å². The molecule has 2 N–H and O–H groups in total. The number of nitro groups is 1. The van der Waals surface area contributed by atoms with E-state index in [0.29, 0.717) is 0 Å². The first-order valence-corrected chi connectivity index (χ1v) is 2.64. The molecule has 1 aromatic heterocycles. The number of rotatable bonds is 2. The fourth-order valence-corrected chi connectivity index (χ4v) is 0.630. The van der Waals surface area contributed by atoms with Gasteiger partial charge in [-0.25, -0.2) is 0 Å². The van der Waals surface area contributed by atoms with E-state index in [9.17, 15) is 14.9 Å². The van der Waals surface area contributed by atoms with Gasteiger partial charge in [-0.1, -0.05) is 0 Å². The quantitative estimate of drug-likeness (QED) is 0.491. The van der Waals surface area contributed by atoms with Crippen LogP contribution in [0.4, 0.5) is 5.88 Å². The molecule has 1 rings (SSSR count). The lowest BCUT2D eigenvalue weighted by molar-refractivity contribution is -0.402. The van der Waals surface area contributed by atoms with E-state index in [0.717, 1.165) is 12.3 Å². The second-order valence-corrected chi connectivity index (χ2v) is 1.76. The van der Waals surface area contributed by atoms with E-state index < -0.39 is 16.7 Å². The van der Waals surface area contributed by atoms with Crippen LogP contribution in [-0.4, -0.2) is 10.8 Å². The molecule has 0 spiro atoms. The van der Waals surface area contributed by atoms with Crippen molar-refractivity contribution >= 4 is 11.8 Å². The van der Waals surface area contributed by atoms with Crippen LogP contribution in [0.5, 0.6) is 0 Å². The number of hydrogen-bond donors (Lipinski definition) is 1. The summed E-state index contributed by atoms with van der Waals surface area (Å²) in [6, 6.07) is 1.15. The first-order valence-electron chi connectivity index (χ1n) is 2.64. The van der Waals surface area contributed by atoms with Crippen molar-refractivity contribution in [1.82, 2.24) is 0 Å². The molecule has 0 atom stereocenters. The lowest BCUT2D eigenvalue weighted by Gasteiger charge is -1.86. The van der Waals surface area contributed by atoms with Crippen molar-refractivity contribution in [2.24, 2.45) is 5.73 Å². The summed E-state index contributed by atoms with van der Waals surface area (Å²) in [5.74, 6) is -1.48. The zero-order valence-electron chi connectivity index (χ0n) is 5.31. The Morgan fingerprint density at radius 3 is 2.73 bits per heavy atom. The number of nitrogens with zero attached hydrogens (tertiary/aromatic N) is 1. The minimum atomic E-state index is -0.870. The second kappa shape index (κ2) is 2.41. The summed E-state index contributed by atoms with van der Waals surface area (Å²) >= 11 is 0. The van der Waals surface area contributed by atoms with Crippen LogP contribution in [0.3, 0.4) is 0 Å². The molecule has 0 aliphatic heterocycles. The van der Waals surface area contributed by atoms with Gasteiger partial charge in [-0.2, -0.15) is 0 Å². The molecule has 11 heavy (non-hydrogen) atoms. The van der Waals surface area contributed by atoms with Crippen molar-refractivity contribution in [3.05, 3.63) is 28.0 Å². The highest BCUT2D eigenvalue weighted by Gasteiger charge is 2.21. The molecule has 6 heteroatoms. The van der Waals surface area contributed by atoms with Crippen molar-refractivity contribution in [2.75, 3.05) is 0 Å². The predicted octanol–water partition coefficient (Wildman–Crippen LogP) is 0.287. The van der Waals surface area contributed by atoms with E-state index in [4.69, 9.17) is 5.73 Å². The van der Waals surface area contributed by atoms with Crippen molar-refractivity contribution < 1.29 is 14.1 Å². The molecule has 0 unspecified atom stereocenters. The summed E-state index contributed by atoms with van der Waals surface area (Å²) in [4.78, 5) is 19.7. The van der Waals surface area contributed by atoms with Crippen molar-refractivity contribution in [1.29, 1.82) is 0 Å². The number of furan rings is 1. The van der Waals surface area contributed by atoms with Gasteiger partial charge in [0.05, 0.1) is 6.26 Å². The van der Waals surface area contributed by atoms with Gasteiger partial charge in [0, 0.05) is 0 Å². The zero-order valence-corrected chi connectivity index (χ0v) is 5.31. The minimum Gasteiger partial charge on any atom is -0.409 e. The summed E-state index contributed by atoms with van der Waals surface area (Å²) in [5, 5.41) is 10.1. The largest absolute Gasteiger partial charge is 0.445 e. The molecule has 0 aliphatic rings. The normalized spacial score (nSPS) is 9.45. The van der Waals surface area contributed by atoms with Crippen LogP contribution in [0.15, 0.2) is 16.7 Å². The molecule has 0 aliphatic carbocycles. The Morgan fingerprint density at radius 1 is 1.73 bits per heavy atom. The minimum absolute atomic E-state index is 0.213. The van der Waals surface area contributed by atoms with Crippen LogP contribution in [-0.2, 0) is 0 Å². The first-order chi connectivity index (χ1) is 5.13. The van der Waals surface area contributed by atoms with Gasteiger partial charge in [0.25, 0.3) is 5.91 Å². The molecule has 0 saturated carbocycles. The average Bonchev–Trinajstić information content (AvgIpc) is 2.32. The molecule has 0 fully saturated rings. The Morgan fingerprint density at radius 2 is 2.36 bits per heavy atom. The molecule has 1 heterocycles. The highest BCUT2D eigenvalue weighted by atomic mass is 16.6. The number of carbonyl (C=O) groups excluding carboxylic acids is 1. The van der Waals surface area contributed by atoms with Crippen LogP contribution < -0.4 is 5.73 Å². The summed E-state index contributed by atoms with van der Waals surface area (Å²) < 4.78 is 4.39. The van der Waals surface area contributed by atoms with E-state index in [-0.39, 0.29) is 5.56 Å². The first kappa shape index (κ1) is 7.26. The lowest BCUT2D eigenvalue weighted by Crippen LogP contribution is -2.11. The van der Waals surface area contributed by atoms with Crippen LogP contribution in [0.1, 0.15) is 10.4 Å². The standard InChI is InChI=1S/C5H4N2O4/c6-4(8)3-1-2-11-5(3)7(9)10/h1-2H,(H2,6,8). The Bertz CT molecular complexity index is 275. The van der Waals surface area contributed by atoms with Crippen LogP contribution in [0.25, 0.3) is 0 Å². The third kappa shape index (κ3) is 1.18. The van der Waals surface area contributed by atoms with E-state index >= 15 is 0 Å². The Hall–Kier alpha value is -1.85. The third-order valence-electron chi connectivity index (χ3n) is 1.08. The molecule has 0 aromatic carbocycles. The topological polar surface area (TPSA) is 99.4 Å². The maximum Gasteiger partial charge on any atom is 0.445 e. The monoisotopic (exact) mass is 156 g/mol. The van der Waals surface area contributed by atoms with E-state index in [1.165, 1.54) is 0 Å². The molecule has 0 bridgehead atoms. The number of amides is 1. The Balaban J connectivity index is 3.16. The lowest BCUT2D eigenvalue weighted by atomic mass is 10.3. The van der Waals surface area contributed by atoms with E-state index in [1.54, 1.807) is 0 Å². The summed E-state index contributed by atoms with van der Waals surface area (Å²) in [5.41, 5.74) is 4.58. The van der Waals surface area contributed by atoms with Gasteiger partial charge in [-0.3, -0.25) is 14.9 Å². The zero-order chi connectivity index (χ0) is 8.43. The fraction of sp³-hybridized carbons (Fsp3) is 0. The molecular formula is C5H4N2O4. The highest BCUT2D eigenvalue weighted by Crippen LogP contribution is 2.17. The molecule has 6 nitrogen and oxygen atoms in total. The number of hydrogen-bond acceptors (Lipinski definition) is 4. The SMILES string of the molecule is NC(=O)c1ccoc1[N+](=O)[O-]. The van der Waals surface area contributed by atoms with Gasteiger partial charge >= 0.3 is 5.88 Å². The third-order valence-corrected chi connectivity index (χ3v) is 1.08. The molecule has 1 aromatic rings. The maximum atomic E-state index is 10.4. The number of carbonyl (C=O) groups is 1. The molecule has 0 radical (unpaired) electrons. The van der Waals surface area contributed by atoms with Crippen molar-refractivity contribution in [3.63, 3.8) is 0 Å². The summed E-state index contributed by atoms with van der Waals surface area (Å²) in [7, 11) is 0. The van der Waals surface area contributed by atoms with E-state index in [2.05, 4.69) is 4.42 Å². The fourth-order valence-electron chi connectivity index (χ4n) is 0.630. The Labute approximate surface area is 60.7 Å². The van der Waals surface area contributed by atoms with Gasteiger partial charge in [0.15, 0.2) is 5.56 Å². The van der Waals surface area contributed by atoms with Gasteiger partial charge < -0.3 is 10.2 Å². The van der Waals surface area contributed by atoms with Crippen molar-refractivity contribution in [3.8, 4) is 0 Å². The molecule has 0 saturated heterocycles. The Kier molecular flexibility index (Phi) is 1.59. The van der Waals surface area contributed by atoms with Crippen LogP contribution in [0, 0.1) is 10.1 Å². The average molecular weight is 156 g/mol. The summed E-state index contributed by atoms with van der Waals surface area (Å²) in [6.45, 7) is 0.